The van der Waals surface area contributed by atoms with Gasteiger partial charge in [0.15, 0.2) is 0 Å². The minimum atomic E-state index is -0.829. The molecule has 3 N–H and O–H groups in total. The van der Waals surface area contributed by atoms with Crippen LogP contribution in [0.4, 0.5) is 4.79 Å². The van der Waals surface area contributed by atoms with Gasteiger partial charge in [-0.1, -0.05) is 27.7 Å². The molecule has 6 heteroatoms. The SMILES string of the molecule is CC(C)COCCNC(=O)NC[C@H](CC(=O)O)CC(C)C. The number of hydrogen-bond acceptors (Lipinski definition) is 3. The summed E-state index contributed by atoms with van der Waals surface area (Å²) in [6.45, 7) is 10.2. The summed E-state index contributed by atoms with van der Waals surface area (Å²) in [6, 6.07) is -0.276. The Morgan fingerprint density at radius 1 is 1.10 bits per heavy atom. The first kappa shape index (κ1) is 19.7. The van der Waals surface area contributed by atoms with E-state index in [-0.39, 0.29) is 18.4 Å². The molecule has 0 aromatic rings. The molecule has 0 aliphatic heterocycles. The van der Waals surface area contributed by atoms with Crippen LogP contribution in [0.5, 0.6) is 0 Å². The van der Waals surface area contributed by atoms with Crippen molar-refractivity contribution in [1.82, 2.24) is 10.6 Å². The molecule has 0 aliphatic carbocycles. The Hall–Kier alpha value is -1.30. The van der Waals surface area contributed by atoms with Crippen LogP contribution in [-0.4, -0.2) is 43.4 Å². The van der Waals surface area contributed by atoms with Crippen LogP contribution < -0.4 is 10.6 Å². The molecular formula is C15H30N2O4. The molecule has 0 unspecified atom stereocenters. The predicted octanol–water partition coefficient (Wildman–Crippen LogP) is 2.10. The molecule has 0 radical (unpaired) electrons. The minimum absolute atomic E-state index is 0.0366. The van der Waals surface area contributed by atoms with Crippen LogP contribution in [0.15, 0.2) is 0 Å². The van der Waals surface area contributed by atoms with E-state index < -0.39 is 5.97 Å². The van der Waals surface area contributed by atoms with E-state index in [1.54, 1.807) is 0 Å². The molecule has 2 amide bonds. The smallest absolute Gasteiger partial charge is 0.314 e. The lowest BCUT2D eigenvalue weighted by Crippen LogP contribution is -2.40. The van der Waals surface area contributed by atoms with Gasteiger partial charge in [0.2, 0.25) is 0 Å². The van der Waals surface area contributed by atoms with E-state index in [0.29, 0.717) is 38.1 Å². The zero-order chi connectivity index (χ0) is 16.3. The van der Waals surface area contributed by atoms with E-state index in [2.05, 4.69) is 24.5 Å². The van der Waals surface area contributed by atoms with E-state index in [1.807, 2.05) is 13.8 Å². The highest BCUT2D eigenvalue weighted by molar-refractivity contribution is 5.74. The Balaban J connectivity index is 3.83. The molecule has 0 heterocycles. The molecule has 124 valence electrons. The van der Waals surface area contributed by atoms with Gasteiger partial charge in [-0.25, -0.2) is 4.79 Å². The molecule has 0 aromatic heterocycles. The summed E-state index contributed by atoms with van der Waals surface area (Å²) < 4.78 is 5.36. The minimum Gasteiger partial charge on any atom is -0.481 e. The van der Waals surface area contributed by atoms with Crippen LogP contribution in [-0.2, 0) is 9.53 Å². The summed E-state index contributed by atoms with van der Waals surface area (Å²) in [5, 5.41) is 14.3. The van der Waals surface area contributed by atoms with Crippen molar-refractivity contribution in [2.75, 3.05) is 26.3 Å². The van der Waals surface area contributed by atoms with Crippen molar-refractivity contribution >= 4 is 12.0 Å². The van der Waals surface area contributed by atoms with Gasteiger partial charge in [-0.3, -0.25) is 4.79 Å². The standard InChI is InChI=1S/C15H30N2O4/c1-11(2)7-13(8-14(18)19)9-17-15(20)16-5-6-21-10-12(3)4/h11-13H,5-10H2,1-4H3,(H,18,19)(H2,16,17,20)/t13-/m0/s1. The van der Waals surface area contributed by atoms with Gasteiger partial charge in [0.1, 0.15) is 0 Å². The van der Waals surface area contributed by atoms with Gasteiger partial charge in [0.05, 0.1) is 6.61 Å². The third kappa shape index (κ3) is 13.4. The molecule has 0 aliphatic rings. The maximum atomic E-state index is 11.6. The van der Waals surface area contributed by atoms with Crippen molar-refractivity contribution in [3.8, 4) is 0 Å². The number of amides is 2. The summed E-state index contributed by atoms with van der Waals surface area (Å²) in [5.74, 6) is 0.0191. The lowest BCUT2D eigenvalue weighted by Gasteiger charge is -2.18. The number of carboxylic acids is 1. The van der Waals surface area contributed by atoms with E-state index in [9.17, 15) is 9.59 Å². The number of carbonyl (C=O) groups excluding carboxylic acids is 1. The fourth-order valence-electron chi connectivity index (χ4n) is 2.01. The highest BCUT2D eigenvalue weighted by Gasteiger charge is 2.15. The lowest BCUT2D eigenvalue weighted by atomic mass is 9.94. The van der Waals surface area contributed by atoms with Gasteiger partial charge in [-0.2, -0.15) is 0 Å². The molecule has 0 fully saturated rings. The Kier molecular flexibility index (Phi) is 10.7. The van der Waals surface area contributed by atoms with Gasteiger partial charge in [0, 0.05) is 26.1 Å². The van der Waals surface area contributed by atoms with Crippen LogP contribution in [0.1, 0.15) is 40.5 Å². The second kappa shape index (κ2) is 11.4. The predicted molar refractivity (Wildman–Crippen MR) is 82.3 cm³/mol. The molecular weight excluding hydrogens is 272 g/mol. The first-order valence-corrected chi connectivity index (χ1v) is 7.62. The largest absolute Gasteiger partial charge is 0.481 e. The maximum absolute atomic E-state index is 11.6. The van der Waals surface area contributed by atoms with E-state index in [4.69, 9.17) is 9.84 Å². The molecule has 6 nitrogen and oxygen atoms in total. The molecule has 0 rings (SSSR count). The number of urea groups is 1. The van der Waals surface area contributed by atoms with Gasteiger partial charge < -0.3 is 20.5 Å². The Morgan fingerprint density at radius 2 is 1.76 bits per heavy atom. The quantitative estimate of drug-likeness (QED) is 0.510. The van der Waals surface area contributed by atoms with Crippen molar-refractivity contribution in [1.29, 1.82) is 0 Å². The van der Waals surface area contributed by atoms with Gasteiger partial charge in [0.25, 0.3) is 0 Å². The average molecular weight is 302 g/mol. The number of rotatable bonds is 11. The first-order chi connectivity index (χ1) is 9.81. The molecule has 0 spiro atoms. The molecule has 21 heavy (non-hydrogen) atoms. The summed E-state index contributed by atoms with van der Waals surface area (Å²) in [4.78, 5) is 22.4. The number of carbonyl (C=O) groups is 2. The van der Waals surface area contributed by atoms with Crippen LogP contribution in [0.2, 0.25) is 0 Å². The van der Waals surface area contributed by atoms with Crippen molar-refractivity contribution < 1.29 is 19.4 Å². The van der Waals surface area contributed by atoms with Gasteiger partial charge >= 0.3 is 12.0 Å². The molecule has 0 aromatic carbocycles. The Bertz CT molecular complexity index is 306. The van der Waals surface area contributed by atoms with Crippen LogP contribution in [0.3, 0.4) is 0 Å². The van der Waals surface area contributed by atoms with Crippen molar-refractivity contribution in [2.24, 2.45) is 17.8 Å². The van der Waals surface area contributed by atoms with Crippen molar-refractivity contribution in [3.05, 3.63) is 0 Å². The monoisotopic (exact) mass is 302 g/mol. The highest BCUT2D eigenvalue weighted by Crippen LogP contribution is 2.14. The fraction of sp³-hybridized carbons (Fsp3) is 0.867. The second-order valence-electron chi connectivity index (χ2n) is 6.20. The third-order valence-electron chi connectivity index (χ3n) is 2.80. The normalized spacial score (nSPS) is 12.5. The van der Waals surface area contributed by atoms with E-state index >= 15 is 0 Å². The average Bonchev–Trinajstić information content (AvgIpc) is 2.33. The van der Waals surface area contributed by atoms with Crippen molar-refractivity contribution in [3.63, 3.8) is 0 Å². The molecule has 1 atom stereocenters. The second-order valence-corrected chi connectivity index (χ2v) is 6.20. The number of ether oxygens (including phenoxy) is 1. The summed E-state index contributed by atoms with van der Waals surface area (Å²) in [5.41, 5.74) is 0. The molecule has 0 saturated heterocycles. The topological polar surface area (TPSA) is 87.7 Å². The van der Waals surface area contributed by atoms with Gasteiger partial charge in [-0.15, -0.1) is 0 Å². The van der Waals surface area contributed by atoms with E-state index in [1.165, 1.54) is 0 Å². The first-order valence-electron chi connectivity index (χ1n) is 7.62. The number of aliphatic carboxylic acids is 1. The van der Waals surface area contributed by atoms with Crippen LogP contribution in [0, 0.1) is 17.8 Å². The highest BCUT2D eigenvalue weighted by atomic mass is 16.5. The fourth-order valence-corrected chi connectivity index (χ4v) is 2.01. The number of carboxylic acid groups (broad SMARTS) is 1. The lowest BCUT2D eigenvalue weighted by molar-refractivity contribution is -0.138. The van der Waals surface area contributed by atoms with Crippen molar-refractivity contribution in [2.45, 2.75) is 40.5 Å². The maximum Gasteiger partial charge on any atom is 0.314 e. The molecule has 0 bridgehead atoms. The number of hydrogen-bond donors (Lipinski definition) is 3. The van der Waals surface area contributed by atoms with Gasteiger partial charge in [-0.05, 0) is 24.2 Å². The molecule has 0 saturated carbocycles. The summed E-state index contributed by atoms with van der Waals surface area (Å²) in [7, 11) is 0. The Labute approximate surface area is 127 Å². The Morgan fingerprint density at radius 3 is 2.29 bits per heavy atom. The third-order valence-corrected chi connectivity index (χ3v) is 2.80. The van der Waals surface area contributed by atoms with Crippen LogP contribution >= 0.6 is 0 Å². The summed E-state index contributed by atoms with van der Waals surface area (Å²) in [6.07, 6.45) is 0.861. The van der Waals surface area contributed by atoms with Crippen LogP contribution in [0.25, 0.3) is 0 Å². The van der Waals surface area contributed by atoms with E-state index in [0.717, 1.165) is 6.42 Å². The number of nitrogens with one attached hydrogen (secondary N) is 2. The summed E-state index contributed by atoms with van der Waals surface area (Å²) >= 11 is 0. The zero-order valence-electron chi connectivity index (χ0n) is 13.6. The zero-order valence-corrected chi connectivity index (χ0v) is 13.6.